The molecule has 2 atom stereocenters. The highest BCUT2D eigenvalue weighted by Gasteiger charge is 2.12. The molecule has 2 unspecified atom stereocenters. The molecule has 1 aromatic rings. The number of benzene rings is 1. The van der Waals surface area contributed by atoms with Crippen molar-refractivity contribution in [3.63, 3.8) is 0 Å². The van der Waals surface area contributed by atoms with Crippen LogP contribution in [0.15, 0.2) is 36.9 Å². The first-order chi connectivity index (χ1) is 6.15. The van der Waals surface area contributed by atoms with Gasteiger partial charge in [-0.1, -0.05) is 25.1 Å². The molecule has 0 spiro atoms. The molecule has 1 N–H and O–H groups in total. The third-order valence-electron chi connectivity index (χ3n) is 2.15. The molecule has 0 fully saturated rings. The highest BCUT2D eigenvalue weighted by molar-refractivity contribution is 5.21. The van der Waals surface area contributed by atoms with Crippen LogP contribution in [0.2, 0.25) is 0 Å². The number of hydrogen-bond donors (Lipinski definition) is 1. The van der Waals surface area contributed by atoms with Gasteiger partial charge in [0, 0.05) is 5.92 Å². The molecule has 0 aliphatic heterocycles. The molecule has 0 aliphatic rings. The molecule has 1 aromatic carbocycles. The Labute approximate surface area is 77.5 Å². The molecule has 0 aromatic heterocycles. The maximum absolute atomic E-state index is 12.6. The molecular formula is C11H13FO. The Hall–Kier alpha value is -1.15. The van der Waals surface area contributed by atoms with E-state index in [0.717, 1.165) is 5.56 Å². The Bertz CT molecular complexity index is 279. The van der Waals surface area contributed by atoms with Crippen molar-refractivity contribution in [2.45, 2.75) is 18.9 Å². The van der Waals surface area contributed by atoms with Crippen molar-refractivity contribution in [2.75, 3.05) is 0 Å². The Morgan fingerprint density at radius 1 is 1.38 bits per heavy atom. The Balaban J connectivity index is 2.82. The Morgan fingerprint density at radius 3 is 2.38 bits per heavy atom. The number of rotatable bonds is 3. The minimum Gasteiger partial charge on any atom is -0.388 e. The van der Waals surface area contributed by atoms with Crippen LogP contribution < -0.4 is 0 Å². The molecule has 0 heterocycles. The van der Waals surface area contributed by atoms with Gasteiger partial charge in [-0.15, -0.1) is 6.58 Å². The normalized spacial score (nSPS) is 15.0. The third-order valence-corrected chi connectivity index (χ3v) is 2.15. The molecule has 0 amide bonds. The lowest BCUT2D eigenvalue weighted by Crippen LogP contribution is -2.12. The van der Waals surface area contributed by atoms with Crippen molar-refractivity contribution in [3.8, 4) is 0 Å². The van der Waals surface area contributed by atoms with E-state index in [9.17, 15) is 9.50 Å². The highest BCUT2D eigenvalue weighted by atomic mass is 19.1. The van der Waals surface area contributed by atoms with Crippen LogP contribution in [0.5, 0.6) is 0 Å². The average Bonchev–Trinajstić information content (AvgIpc) is 2.17. The van der Waals surface area contributed by atoms with Gasteiger partial charge in [0.1, 0.15) is 5.82 Å². The summed E-state index contributed by atoms with van der Waals surface area (Å²) in [5.41, 5.74) is 0.911. The van der Waals surface area contributed by atoms with Crippen molar-refractivity contribution in [2.24, 2.45) is 0 Å². The summed E-state index contributed by atoms with van der Waals surface area (Å²) in [6.45, 7) is 5.38. The van der Waals surface area contributed by atoms with Gasteiger partial charge in [-0.3, -0.25) is 0 Å². The van der Waals surface area contributed by atoms with Crippen LogP contribution in [-0.4, -0.2) is 11.2 Å². The van der Waals surface area contributed by atoms with E-state index in [1.54, 1.807) is 12.1 Å². The lowest BCUT2D eigenvalue weighted by atomic mass is 9.95. The average molecular weight is 180 g/mol. The van der Waals surface area contributed by atoms with Crippen molar-refractivity contribution < 1.29 is 9.50 Å². The SMILES string of the molecule is C=CC(O)C(C)c1ccc(F)cc1. The quantitative estimate of drug-likeness (QED) is 0.708. The van der Waals surface area contributed by atoms with E-state index in [-0.39, 0.29) is 11.7 Å². The van der Waals surface area contributed by atoms with Gasteiger partial charge in [-0.25, -0.2) is 4.39 Å². The van der Waals surface area contributed by atoms with Gasteiger partial charge in [0.05, 0.1) is 6.10 Å². The van der Waals surface area contributed by atoms with Crippen LogP contribution in [-0.2, 0) is 0 Å². The highest BCUT2D eigenvalue weighted by Crippen LogP contribution is 2.19. The second-order valence-electron chi connectivity index (χ2n) is 3.07. The predicted octanol–water partition coefficient (Wildman–Crippen LogP) is 2.48. The van der Waals surface area contributed by atoms with Gasteiger partial charge < -0.3 is 5.11 Å². The summed E-state index contributed by atoms with van der Waals surface area (Å²) < 4.78 is 12.6. The molecule has 0 aliphatic carbocycles. The second-order valence-corrected chi connectivity index (χ2v) is 3.07. The lowest BCUT2D eigenvalue weighted by molar-refractivity contribution is 0.197. The van der Waals surface area contributed by atoms with Crippen LogP contribution in [0.1, 0.15) is 18.4 Å². The molecule has 1 nitrogen and oxygen atoms in total. The van der Waals surface area contributed by atoms with Gasteiger partial charge >= 0.3 is 0 Å². The zero-order valence-corrected chi connectivity index (χ0v) is 7.57. The first kappa shape index (κ1) is 9.93. The minimum absolute atomic E-state index is 0.0434. The summed E-state index contributed by atoms with van der Waals surface area (Å²) in [6.07, 6.45) is 0.902. The smallest absolute Gasteiger partial charge is 0.123 e. The van der Waals surface area contributed by atoms with Crippen LogP contribution >= 0.6 is 0 Å². The summed E-state index contributed by atoms with van der Waals surface area (Å²) in [4.78, 5) is 0. The first-order valence-electron chi connectivity index (χ1n) is 4.21. The molecule has 2 heteroatoms. The molecule has 1 rings (SSSR count). The number of halogens is 1. The van der Waals surface area contributed by atoms with E-state index >= 15 is 0 Å². The van der Waals surface area contributed by atoms with Crippen molar-refractivity contribution in [1.29, 1.82) is 0 Å². The summed E-state index contributed by atoms with van der Waals surface area (Å²) in [7, 11) is 0. The van der Waals surface area contributed by atoms with Gasteiger partial charge in [0.15, 0.2) is 0 Å². The first-order valence-corrected chi connectivity index (χ1v) is 4.21. The van der Waals surface area contributed by atoms with Crippen LogP contribution in [0, 0.1) is 5.82 Å². The van der Waals surface area contributed by atoms with Gasteiger partial charge in [-0.05, 0) is 17.7 Å². The van der Waals surface area contributed by atoms with E-state index in [1.165, 1.54) is 18.2 Å². The van der Waals surface area contributed by atoms with Crippen molar-refractivity contribution >= 4 is 0 Å². The maximum Gasteiger partial charge on any atom is 0.123 e. The molecule has 0 saturated heterocycles. The standard InChI is InChI=1S/C11H13FO/c1-3-11(13)8(2)9-4-6-10(12)7-5-9/h3-8,11,13H,1H2,2H3. The molecule has 0 bridgehead atoms. The molecule has 0 saturated carbocycles. The zero-order valence-electron chi connectivity index (χ0n) is 7.57. The van der Waals surface area contributed by atoms with E-state index in [4.69, 9.17) is 0 Å². The van der Waals surface area contributed by atoms with E-state index in [2.05, 4.69) is 6.58 Å². The van der Waals surface area contributed by atoms with Crippen molar-refractivity contribution in [3.05, 3.63) is 48.3 Å². The lowest BCUT2D eigenvalue weighted by Gasteiger charge is -2.15. The maximum atomic E-state index is 12.6. The number of aliphatic hydroxyl groups is 1. The fourth-order valence-corrected chi connectivity index (χ4v) is 1.17. The molecule has 13 heavy (non-hydrogen) atoms. The topological polar surface area (TPSA) is 20.2 Å². The second kappa shape index (κ2) is 4.19. The molecular weight excluding hydrogens is 167 g/mol. The summed E-state index contributed by atoms with van der Waals surface area (Å²) >= 11 is 0. The minimum atomic E-state index is -0.578. The van der Waals surface area contributed by atoms with Gasteiger partial charge in [-0.2, -0.15) is 0 Å². The molecule has 70 valence electrons. The van der Waals surface area contributed by atoms with Crippen LogP contribution in [0.4, 0.5) is 4.39 Å². The van der Waals surface area contributed by atoms with E-state index < -0.39 is 6.10 Å². The van der Waals surface area contributed by atoms with E-state index in [0.29, 0.717) is 0 Å². The number of aliphatic hydroxyl groups excluding tert-OH is 1. The summed E-state index contributed by atoms with van der Waals surface area (Å²) in [5, 5.41) is 9.44. The zero-order chi connectivity index (χ0) is 9.84. The fraction of sp³-hybridized carbons (Fsp3) is 0.273. The Kier molecular flexibility index (Phi) is 3.20. The van der Waals surface area contributed by atoms with Crippen molar-refractivity contribution in [1.82, 2.24) is 0 Å². The Morgan fingerprint density at radius 2 is 1.92 bits per heavy atom. The predicted molar refractivity (Wildman–Crippen MR) is 51.0 cm³/mol. The van der Waals surface area contributed by atoms with Crippen LogP contribution in [0.3, 0.4) is 0 Å². The third kappa shape index (κ3) is 2.39. The fourth-order valence-electron chi connectivity index (χ4n) is 1.17. The van der Waals surface area contributed by atoms with Crippen LogP contribution in [0.25, 0.3) is 0 Å². The summed E-state index contributed by atoms with van der Waals surface area (Å²) in [5.74, 6) is -0.304. The molecule has 0 radical (unpaired) electrons. The monoisotopic (exact) mass is 180 g/mol. The van der Waals surface area contributed by atoms with E-state index in [1.807, 2.05) is 6.92 Å². The van der Waals surface area contributed by atoms with Gasteiger partial charge in [0.25, 0.3) is 0 Å². The largest absolute Gasteiger partial charge is 0.388 e. The number of hydrogen-bond acceptors (Lipinski definition) is 1. The summed E-state index contributed by atoms with van der Waals surface area (Å²) in [6, 6.07) is 6.13. The van der Waals surface area contributed by atoms with Gasteiger partial charge in [0.2, 0.25) is 0 Å².